The van der Waals surface area contributed by atoms with Gasteiger partial charge in [-0.25, -0.2) is 9.18 Å². The minimum atomic E-state index is -0.473. The molecule has 1 unspecified atom stereocenters. The van der Waals surface area contributed by atoms with Crippen molar-refractivity contribution in [2.75, 3.05) is 10.6 Å². The highest BCUT2D eigenvalue weighted by atomic mass is 35.5. The lowest BCUT2D eigenvalue weighted by Crippen LogP contribution is -2.26. The summed E-state index contributed by atoms with van der Waals surface area (Å²) in [6.07, 6.45) is 0.323. The smallest absolute Gasteiger partial charge is 0.323 e. The summed E-state index contributed by atoms with van der Waals surface area (Å²) in [6, 6.07) is 10.1. The molecule has 3 amide bonds. The summed E-state index contributed by atoms with van der Waals surface area (Å²) in [5.41, 5.74) is 0.903. The quantitative estimate of drug-likeness (QED) is 0.727. The summed E-state index contributed by atoms with van der Waals surface area (Å²) in [7, 11) is 0. The lowest BCUT2D eigenvalue weighted by molar-refractivity contribution is -0.119. The highest BCUT2D eigenvalue weighted by Crippen LogP contribution is 2.42. The standard InChI is InChI=1S/C19H19ClFN3O2/c1-19(2)10-16(25)24-17(19)14-9-13(6-7-15(14)21)23-18(26)22-12-5-3-4-11(20)8-12/h3-9,17H,10H2,1-2H3,(H,24,25)(H2,22,23,26). The van der Waals surface area contributed by atoms with Gasteiger partial charge < -0.3 is 16.0 Å². The normalized spacial score (nSPS) is 18.3. The van der Waals surface area contributed by atoms with Crippen LogP contribution in [0, 0.1) is 11.2 Å². The van der Waals surface area contributed by atoms with E-state index in [1.165, 1.54) is 12.1 Å². The highest BCUT2D eigenvalue weighted by Gasteiger charge is 2.41. The topological polar surface area (TPSA) is 70.2 Å². The monoisotopic (exact) mass is 375 g/mol. The second-order valence-corrected chi connectivity index (χ2v) is 7.43. The Labute approximate surface area is 155 Å². The van der Waals surface area contributed by atoms with E-state index < -0.39 is 23.3 Å². The largest absolute Gasteiger partial charge is 0.349 e. The van der Waals surface area contributed by atoms with Crippen LogP contribution in [0.3, 0.4) is 0 Å². The van der Waals surface area contributed by atoms with E-state index in [0.29, 0.717) is 28.4 Å². The molecule has 1 aliphatic heterocycles. The van der Waals surface area contributed by atoms with Gasteiger partial charge in [-0.1, -0.05) is 31.5 Å². The van der Waals surface area contributed by atoms with Gasteiger partial charge in [-0.15, -0.1) is 0 Å². The van der Waals surface area contributed by atoms with Crippen LogP contribution in [-0.2, 0) is 4.79 Å². The van der Waals surface area contributed by atoms with Gasteiger partial charge in [0.25, 0.3) is 0 Å². The molecule has 26 heavy (non-hydrogen) atoms. The number of halogens is 2. The maximum atomic E-state index is 14.3. The summed E-state index contributed by atoms with van der Waals surface area (Å²) < 4.78 is 14.3. The molecule has 0 saturated carbocycles. The SMILES string of the molecule is CC1(C)CC(=O)NC1c1cc(NC(=O)Nc2cccc(Cl)c2)ccc1F. The second kappa shape index (κ2) is 6.96. The number of carbonyl (C=O) groups excluding carboxylic acids is 2. The molecule has 3 N–H and O–H groups in total. The summed E-state index contributed by atoms with van der Waals surface area (Å²) in [5, 5.41) is 8.64. The molecule has 5 nitrogen and oxygen atoms in total. The average Bonchev–Trinajstić information content (AvgIpc) is 2.81. The molecule has 1 heterocycles. The predicted molar refractivity (Wildman–Crippen MR) is 99.8 cm³/mol. The molecule has 136 valence electrons. The van der Waals surface area contributed by atoms with Crippen LogP contribution in [0.4, 0.5) is 20.6 Å². The number of anilines is 2. The molecular weight excluding hydrogens is 357 g/mol. The van der Waals surface area contributed by atoms with Crippen molar-refractivity contribution in [1.82, 2.24) is 5.32 Å². The first-order valence-corrected chi connectivity index (χ1v) is 8.55. The van der Waals surface area contributed by atoms with Crippen molar-refractivity contribution in [3.8, 4) is 0 Å². The minimum absolute atomic E-state index is 0.114. The third kappa shape index (κ3) is 3.96. The molecule has 2 aromatic carbocycles. The minimum Gasteiger partial charge on any atom is -0.349 e. The molecule has 0 aliphatic carbocycles. The van der Waals surface area contributed by atoms with Crippen molar-refractivity contribution >= 4 is 34.9 Å². The number of urea groups is 1. The summed E-state index contributed by atoms with van der Waals surface area (Å²) in [4.78, 5) is 23.9. The van der Waals surface area contributed by atoms with E-state index in [0.717, 1.165) is 0 Å². The second-order valence-electron chi connectivity index (χ2n) is 6.99. The third-order valence-corrected chi connectivity index (χ3v) is 4.59. The maximum absolute atomic E-state index is 14.3. The number of hydrogen-bond acceptors (Lipinski definition) is 2. The molecule has 0 aromatic heterocycles. The molecule has 0 spiro atoms. The fourth-order valence-corrected chi connectivity index (χ4v) is 3.31. The Morgan fingerprint density at radius 1 is 1.19 bits per heavy atom. The summed E-state index contributed by atoms with van der Waals surface area (Å²) in [6.45, 7) is 3.81. The van der Waals surface area contributed by atoms with E-state index in [1.54, 1.807) is 30.3 Å². The lowest BCUT2D eigenvalue weighted by Gasteiger charge is -2.26. The van der Waals surface area contributed by atoms with E-state index in [9.17, 15) is 14.0 Å². The van der Waals surface area contributed by atoms with Gasteiger partial charge in [0, 0.05) is 28.4 Å². The highest BCUT2D eigenvalue weighted by molar-refractivity contribution is 6.30. The van der Waals surface area contributed by atoms with Crippen molar-refractivity contribution < 1.29 is 14.0 Å². The summed E-state index contributed by atoms with van der Waals surface area (Å²) in [5.74, 6) is -0.539. The van der Waals surface area contributed by atoms with E-state index in [-0.39, 0.29) is 5.91 Å². The molecular formula is C19H19ClFN3O2. The van der Waals surface area contributed by atoms with Crippen LogP contribution < -0.4 is 16.0 Å². The van der Waals surface area contributed by atoms with Gasteiger partial charge in [-0.2, -0.15) is 0 Å². The third-order valence-electron chi connectivity index (χ3n) is 4.35. The zero-order chi connectivity index (χ0) is 18.9. The van der Waals surface area contributed by atoms with Crippen LogP contribution >= 0.6 is 11.6 Å². The van der Waals surface area contributed by atoms with Gasteiger partial charge in [0.1, 0.15) is 5.82 Å². The fourth-order valence-electron chi connectivity index (χ4n) is 3.12. The lowest BCUT2D eigenvalue weighted by atomic mass is 9.81. The molecule has 2 aromatic rings. The van der Waals surface area contributed by atoms with Crippen LogP contribution in [0.15, 0.2) is 42.5 Å². The number of rotatable bonds is 3. The molecule has 0 bridgehead atoms. The Kier molecular flexibility index (Phi) is 4.87. The molecule has 1 aliphatic rings. The Hall–Kier alpha value is -2.60. The molecule has 0 radical (unpaired) electrons. The van der Waals surface area contributed by atoms with Crippen LogP contribution in [0.25, 0.3) is 0 Å². The van der Waals surface area contributed by atoms with Gasteiger partial charge in [-0.05, 0) is 41.8 Å². The number of benzene rings is 2. The Bertz CT molecular complexity index is 870. The van der Waals surface area contributed by atoms with Crippen molar-refractivity contribution in [2.24, 2.45) is 5.41 Å². The van der Waals surface area contributed by atoms with E-state index in [2.05, 4.69) is 16.0 Å². The first kappa shape index (κ1) is 18.2. The van der Waals surface area contributed by atoms with Crippen LogP contribution in [0.2, 0.25) is 5.02 Å². The Morgan fingerprint density at radius 2 is 1.88 bits per heavy atom. The molecule has 3 rings (SSSR count). The molecule has 7 heteroatoms. The fraction of sp³-hybridized carbons (Fsp3) is 0.263. The average molecular weight is 376 g/mol. The number of hydrogen-bond donors (Lipinski definition) is 3. The first-order chi connectivity index (χ1) is 12.2. The molecule has 1 saturated heterocycles. The van der Waals surface area contributed by atoms with Gasteiger partial charge in [-0.3, -0.25) is 4.79 Å². The van der Waals surface area contributed by atoms with Gasteiger partial charge in [0.15, 0.2) is 0 Å². The van der Waals surface area contributed by atoms with Gasteiger partial charge in [0.05, 0.1) is 6.04 Å². The van der Waals surface area contributed by atoms with E-state index >= 15 is 0 Å². The Morgan fingerprint density at radius 3 is 2.50 bits per heavy atom. The maximum Gasteiger partial charge on any atom is 0.323 e. The number of amides is 3. The number of nitrogens with one attached hydrogen (secondary N) is 3. The Balaban J connectivity index is 1.77. The van der Waals surface area contributed by atoms with Crippen LogP contribution in [0.1, 0.15) is 31.9 Å². The predicted octanol–water partition coefficient (Wildman–Crippen LogP) is 4.71. The van der Waals surface area contributed by atoms with E-state index in [4.69, 9.17) is 11.6 Å². The summed E-state index contributed by atoms with van der Waals surface area (Å²) >= 11 is 5.89. The van der Waals surface area contributed by atoms with Crippen LogP contribution in [0.5, 0.6) is 0 Å². The zero-order valence-electron chi connectivity index (χ0n) is 14.4. The molecule has 1 atom stereocenters. The van der Waals surface area contributed by atoms with Crippen molar-refractivity contribution in [3.05, 3.63) is 58.9 Å². The van der Waals surface area contributed by atoms with Crippen molar-refractivity contribution in [2.45, 2.75) is 26.3 Å². The van der Waals surface area contributed by atoms with E-state index in [1.807, 2.05) is 13.8 Å². The van der Waals surface area contributed by atoms with Gasteiger partial charge >= 0.3 is 6.03 Å². The van der Waals surface area contributed by atoms with Gasteiger partial charge in [0.2, 0.25) is 5.91 Å². The first-order valence-electron chi connectivity index (χ1n) is 8.17. The zero-order valence-corrected chi connectivity index (χ0v) is 15.2. The van der Waals surface area contributed by atoms with Crippen molar-refractivity contribution in [3.63, 3.8) is 0 Å². The van der Waals surface area contributed by atoms with Crippen LogP contribution in [-0.4, -0.2) is 11.9 Å². The number of carbonyl (C=O) groups is 2. The molecule has 1 fully saturated rings. The van der Waals surface area contributed by atoms with Crippen molar-refractivity contribution in [1.29, 1.82) is 0 Å².